The summed E-state index contributed by atoms with van der Waals surface area (Å²) in [6, 6.07) is 1.35. The molecule has 0 aromatic heterocycles. The van der Waals surface area contributed by atoms with Crippen LogP contribution < -0.4 is 5.32 Å². The summed E-state index contributed by atoms with van der Waals surface area (Å²) in [4.78, 5) is 0. The third kappa shape index (κ3) is 9.49. The molecule has 0 amide bonds. The monoisotopic (exact) mass is 611 g/mol. The Hall–Kier alpha value is 0.480. The largest absolute Gasteiger partial charge is 0.390 e. The van der Waals surface area contributed by atoms with E-state index >= 15 is 0 Å². The van der Waals surface area contributed by atoms with Crippen molar-refractivity contribution in [2.75, 3.05) is 5.75 Å². The normalized spacial score (nSPS) is 38.4. The van der Waals surface area contributed by atoms with Gasteiger partial charge in [0.2, 0.25) is 0 Å². The van der Waals surface area contributed by atoms with E-state index in [1.165, 1.54) is 103 Å². The lowest BCUT2D eigenvalue weighted by Crippen LogP contribution is -2.50. The first kappa shape index (κ1) is 32.9. The first-order valence-corrected chi connectivity index (χ1v) is 19.2. The van der Waals surface area contributed by atoms with Crippen LogP contribution in [0.15, 0.2) is 0 Å². The smallest absolute Gasteiger partial charge is 0.152 e. The number of aliphatic hydroxyl groups excluding tert-OH is 1. The van der Waals surface area contributed by atoms with E-state index in [4.69, 9.17) is 11.6 Å². The predicted molar refractivity (Wildman–Crippen MR) is 173 cm³/mol. The van der Waals surface area contributed by atoms with Crippen molar-refractivity contribution >= 4 is 23.4 Å². The van der Waals surface area contributed by atoms with Gasteiger partial charge in [0, 0.05) is 29.1 Å². The first-order valence-electron chi connectivity index (χ1n) is 17.7. The zero-order valence-corrected chi connectivity index (χ0v) is 27.8. The molecular weight excluding hydrogens is 550 g/mol. The lowest BCUT2D eigenvalue weighted by molar-refractivity contribution is -0.0568. The van der Waals surface area contributed by atoms with Gasteiger partial charge >= 0.3 is 0 Å². The van der Waals surface area contributed by atoms with Crippen LogP contribution in [-0.2, 0) is 0 Å². The van der Waals surface area contributed by atoms with Gasteiger partial charge in [-0.25, -0.2) is 0 Å². The van der Waals surface area contributed by atoms with Crippen molar-refractivity contribution in [1.29, 1.82) is 0 Å². The van der Waals surface area contributed by atoms with Crippen molar-refractivity contribution < 1.29 is 15.3 Å². The van der Waals surface area contributed by atoms with Crippen LogP contribution in [0.3, 0.4) is 0 Å². The summed E-state index contributed by atoms with van der Waals surface area (Å²) in [7, 11) is 0. The van der Waals surface area contributed by atoms with E-state index in [9.17, 15) is 15.3 Å². The van der Waals surface area contributed by atoms with Gasteiger partial charge in [-0.1, -0.05) is 32.1 Å². The molecule has 41 heavy (non-hydrogen) atoms. The molecule has 0 spiro atoms. The van der Waals surface area contributed by atoms with Crippen LogP contribution in [0.2, 0.25) is 0 Å². The minimum atomic E-state index is -1.17. The van der Waals surface area contributed by atoms with Gasteiger partial charge in [-0.15, -0.1) is 11.6 Å². The summed E-state index contributed by atoms with van der Waals surface area (Å²) >= 11 is 8.73. The minimum absolute atomic E-state index is 0.164. The van der Waals surface area contributed by atoms with Gasteiger partial charge in [0.05, 0.1) is 5.60 Å². The Morgan fingerprint density at radius 1 is 0.902 bits per heavy atom. The molecule has 9 unspecified atom stereocenters. The maximum absolute atomic E-state index is 10.9. The van der Waals surface area contributed by atoms with E-state index < -0.39 is 11.9 Å². The Morgan fingerprint density at radius 2 is 1.68 bits per heavy atom. The molecule has 4 N–H and O–H groups in total. The first-order chi connectivity index (χ1) is 19.6. The molecule has 0 bridgehead atoms. The Morgan fingerprint density at radius 3 is 2.44 bits per heavy atom. The zero-order chi connectivity index (χ0) is 29.0. The van der Waals surface area contributed by atoms with Crippen molar-refractivity contribution in [2.24, 2.45) is 35.0 Å². The van der Waals surface area contributed by atoms with E-state index in [2.05, 4.69) is 17.1 Å². The van der Waals surface area contributed by atoms with E-state index in [1.807, 2.05) is 13.8 Å². The van der Waals surface area contributed by atoms with Crippen LogP contribution in [0.1, 0.15) is 142 Å². The van der Waals surface area contributed by atoms with Crippen molar-refractivity contribution in [1.82, 2.24) is 5.32 Å². The summed E-state index contributed by atoms with van der Waals surface area (Å²) in [5.41, 5.74) is -0.411. The van der Waals surface area contributed by atoms with Crippen LogP contribution in [-0.4, -0.2) is 55.7 Å². The van der Waals surface area contributed by atoms with Gasteiger partial charge in [0.1, 0.15) is 0 Å². The fourth-order valence-corrected chi connectivity index (χ4v) is 11.8. The van der Waals surface area contributed by atoms with Crippen molar-refractivity contribution in [2.45, 2.75) is 177 Å². The number of fused-ring (bicyclic) bond motifs is 1. The predicted octanol–water partition coefficient (Wildman–Crippen LogP) is 8.04. The molecule has 4 nitrogen and oxygen atoms in total. The lowest BCUT2D eigenvalue weighted by Gasteiger charge is -2.43. The Labute approximate surface area is 260 Å². The topological polar surface area (TPSA) is 72.7 Å². The summed E-state index contributed by atoms with van der Waals surface area (Å²) in [5.74, 6) is 4.68. The molecule has 4 aliphatic carbocycles. The Kier molecular flexibility index (Phi) is 11.8. The van der Waals surface area contributed by atoms with Crippen LogP contribution in [0.5, 0.6) is 0 Å². The van der Waals surface area contributed by atoms with Gasteiger partial charge < -0.3 is 20.6 Å². The average molecular weight is 612 g/mol. The van der Waals surface area contributed by atoms with Crippen LogP contribution in [0.4, 0.5) is 0 Å². The highest BCUT2D eigenvalue weighted by Gasteiger charge is 2.45. The molecule has 5 rings (SSSR count). The van der Waals surface area contributed by atoms with Gasteiger partial charge in [-0.2, -0.15) is 11.8 Å². The molecule has 5 fully saturated rings. The number of thioether (sulfide) groups is 1. The Balaban J connectivity index is 1.16. The molecule has 6 heteroatoms. The van der Waals surface area contributed by atoms with Crippen LogP contribution >= 0.6 is 23.4 Å². The molecular formula is C35H62ClNO3S. The van der Waals surface area contributed by atoms with Crippen molar-refractivity contribution in [3.8, 4) is 0 Å². The quantitative estimate of drug-likeness (QED) is 0.125. The number of piperidine rings is 1. The highest BCUT2D eigenvalue weighted by molar-refractivity contribution is 7.99. The number of aliphatic hydroxyl groups is 3. The molecule has 1 heterocycles. The van der Waals surface area contributed by atoms with E-state index in [0.29, 0.717) is 41.0 Å². The lowest BCUT2D eigenvalue weighted by atomic mass is 9.69. The number of nitrogens with one attached hydrogen (secondary N) is 1. The van der Waals surface area contributed by atoms with Gasteiger partial charge in [-0.3, -0.25) is 0 Å². The van der Waals surface area contributed by atoms with E-state index in [1.54, 1.807) is 0 Å². The highest BCUT2D eigenvalue weighted by Crippen LogP contribution is 2.54. The third-order valence-corrected chi connectivity index (χ3v) is 14.6. The van der Waals surface area contributed by atoms with E-state index in [0.717, 1.165) is 42.8 Å². The minimum Gasteiger partial charge on any atom is -0.390 e. The average Bonchev–Trinajstić information content (AvgIpc) is 3.70. The summed E-state index contributed by atoms with van der Waals surface area (Å²) < 4.78 is 0. The number of alkyl halides is 1. The fourth-order valence-electron chi connectivity index (χ4n) is 9.70. The second kappa shape index (κ2) is 14.7. The number of rotatable bonds is 13. The maximum Gasteiger partial charge on any atom is 0.152 e. The Bertz CT molecular complexity index is 801. The highest BCUT2D eigenvalue weighted by atomic mass is 35.5. The molecule has 0 aromatic carbocycles. The molecule has 4 saturated carbocycles. The van der Waals surface area contributed by atoms with Crippen LogP contribution in [0.25, 0.3) is 0 Å². The molecule has 9 atom stereocenters. The van der Waals surface area contributed by atoms with Gasteiger partial charge in [0.25, 0.3) is 0 Å². The molecule has 5 aliphatic rings. The second-order valence-electron chi connectivity index (χ2n) is 16.0. The van der Waals surface area contributed by atoms with E-state index in [-0.39, 0.29) is 5.41 Å². The van der Waals surface area contributed by atoms with Crippen molar-refractivity contribution in [3.63, 3.8) is 0 Å². The summed E-state index contributed by atoms with van der Waals surface area (Å²) in [5, 5.41) is 35.5. The number of halogens is 1. The molecule has 238 valence electrons. The summed E-state index contributed by atoms with van der Waals surface area (Å²) in [6.07, 6.45) is 23.9. The molecule has 1 aliphatic heterocycles. The third-order valence-electron chi connectivity index (χ3n) is 12.4. The number of hydrogen-bond acceptors (Lipinski definition) is 5. The fraction of sp³-hybridized carbons (Fsp3) is 1.00. The van der Waals surface area contributed by atoms with Gasteiger partial charge in [-0.05, 0) is 144 Å². The number of hydrogen-bond donors (Lipinski definition) is 4. The standard InChI is InChI=1S/C35H62ClNO3S/c1-34(2,40)30-9-4-3-7-25(30)13-17-32(41-23-35(18-19-35)22-33(38)39)27-8-5-6-24(20-27)10-15-29-16-12-26-11-14-28(36)21-31(26)37-29/h24-33,37-40H,3-23H2,1-2H3. The maximum atomic E-state index is 10.9. The molecule has 0 radical (unpaired) electrons. The second-order valence-corrected chi connectivity index (χ2v) is 17.8. The van der Waals surface area contributed by atoms with Crippen LogP contribution in [0, 0.1) is 35.0 Å². The molecule has 1 saturated heterocycles. The summed E-state index contributed by atoms with van der Waals surface area (Å²) in [6.45, 7) is 4.07. The van der Waals surface area contributed by atoms with Crippen molar-refractivity contribution in [3.05, 3.63) is 0 Å². The zero-order valence-electron chi connectivity index (χ0n) is 26.3. The van der Waals surface area contributed by atoms with Gasteiger partial charge in [0.15, 0.2) is 6.29 Å². The SMILES string of the molecule is CC(C)(O)C1CCCCC1CCC(SCC1(CC(O)O)CC1)C1CCCC(CCC2CCC3CCC(Cl)CC3N2)C1. The molecule has 0 aromatic rings.